The van der Waals surface area contributed by atoms with Crippen LogP contribution in [0.25, 0.3) is 0 Å². The molecule has 78 valence electrons. The topological polar surface area (TPSA) is 69.0 Å². The summed E-state index contributed by atoms with van der Waals surface area (Å²) in [4.78, 5) is 10.3. The average molecular weight is 216 g/mol. The molecule has 1 aromatic heterocycles. The van der Waals surface area contributed by atoms with Crippen LogP contribution in [-0.4, -0.2) is 36.5 Å². The number of hydrogen-bond donors (Lipinski definition) is 0. The van der Waals surface area contributed by atoms with Gasteiger partial charge in [-0.15, -0.1) is 0 Å². The Morgan fingerprint density at radius 1 is 1.57 bits per heavy atom. The Balaban J connectivity index is 2.42. The second-order valence-electron chi connectivity index (χ2n) is 3.14. The standard InChI is InChI=1S/C8H12N2O3S/c1-14(12,13)4-2-3-10-6-8(7-11)5-9-10/h5-7H,2-4H2,1H3. The highest BCUT2D eigenvalue weighted by molar-refractivity contribution is 7.90. The van der Waals surface area contributed by atoms with Crippen LogP contribution in [0.4, 0.5) is 0 Å². The summed E-state index contributed by atoms with van der Waals surface area (Å²) in [7, 11) is -2.90. The van der Waals surface area contributed by atoms with Gasteiger partial charge in [0.1, 0.15) is 9.84 Å². The van der Waals surface area contributed by atoms with Crippen molar-refractivity contribution in [2.75, 3.05) is 12.0 Å². The summed E-state index contributed by atoms with van der Waals surface area (Å²) in [6.45, 7) is 0.515. The molecule has 0 N–H and O–H groups in total. The summed E-state index contributed by atoms with van der Waals surface area (Å²) in [5.74, 6) is 0.142. The van der Waals surface area contributed by atoms with Crippen molar-refractivity contribution in [3.63, 3.8) is 0 Å². The van der Waals surface area contributed by atoms with E-state index in [0.717, 1.165) is 0 Å². The zero-order valence-corrected chi connectivity index (χ0v) is 8.70. The summed E-state index contributed by atoms with van der Waals surface area (Å²) in [6, 6.07) is 0. The molecule has 1 aromatic rings. The summed E-state index contributed by atoms with van der Waals surface area (Å²) < 4.78 is 23.2. The van der Waals surface area contributed by atoms with E-state index in [-0.39, 0.29) is 5.75 Å². The molecule has 1 heterocycles. The molecule has 0 atom stereocenters. The molecule has 6 heteroatoms. The number of carbonyl (C=O) groups excluding carboxylic acids is 1. The molecule has 0 radical (unpaired) electrons. The first-order chi connectivity index (χ1) is 6.51. The normalized spacial score (nSPS) is 11.5. The lowest BCUT2D eigenvalue weighted by molar-refractivity contribution is 0.112. The van der Waals surface area contributed by atoms with Crippen LogP contribution in [0.15, 0.2) is 12.4 Å². The van der Waals surface area contributed by atoms with Gasteiger partial charge in [-0.1, -0.05) is 0 Å². The number of rotatable bonds is 5. The van der Waals surface area contributed by atoms with Gasteiger partial charge in [0.2, 0.25) is 0 Å². The molecule has 0 bridgehead atoms. The van der Waals surface area contributed by atoms with E-state index in [1.165, 1.54) is 12.5 Å². The third kappa shape index (κ3) is 3.69. The average Bonchev–Trinajstić information content (AvgIpc) is 2.50. The Kier molecular flexibility index (Phi) is 3.40. The fraction of sp³-hybridized carbons (Fsp3) is 0.500. The van der Waals surface area contributed by atoms with Gasteiger partial charge >= 0.3 is 0 Å². The SMILES string of the molecule is CS(=O)(=O)CCCn1cc(C=O)cn1. The van der Waals surface area contributed by atoms with E-state index >= 15 is 0 Å². The minimum atomic E-state index is -2.90. The van der Waals surface area contributed by atoms with Crippen molar-refractivity contribution in [1.82, 2.24) is 9.78 Å². The van der Waals surface area contributed by atoms with Crippen LogP contribution in [-0.2, 0) is 16.4 Å². The molecule has 0 saturated heterocycles. The number of aldehydes is 1. The predicted octanol–water partition coefficient (Wildman–Crippen LogP) is 0.130. The highest BCUT2D eigenvalue weighted by Gasteiger charge is 2.02. The molecule has 0 aromatic carbocycles. The largest absolute Gasteiger partial charge is 0.298 e. The lowest BCUT2D eigenvalue weighted by atomic mass is 10.4. The van der Waals surface area contributed by atoms with Crippen molar-refractivity contribution in [2.24, 2.45) is 0 Å². The van der Waals surface area contributed by atoms with Gasteiger partial charge in [0.15, 0.2) is 6.29 Å². The first kappa shape index (κ1) is 10.9. The first-order valence-electron chi connectivity index (χ1n) is 4.16. The first-order valence-corrected chi connectivity index (χ1v) is 6.23. The second kappa shape index (κ2) is 4.36. The van der Waals surface area contributed by atoms with Crippen molar-refractivity contribution in [2.45, 2.75) is 13.0 Å². The zero-order valence-electron chi connectivity index (χ0n) is 7.88. The van der Waals surface area contributed by atoms with Gasteiger partial charge in [0.05, 0.1) is 17.5 Å². The van der Waals surface area contributed by atoms with Gasteiger partial charge in [0.25, 0.3) is 0 Å². The monoisotopic (exact) mass is 216 g/mol. The second-order valence-corrected chi connectivity index (χ2v) is 5.40. The summed E-state index contributed by atoms with van der Waals surface area (Å²) in [5.41, 5.74) is 0.504. The minimum absolute atomic E-state index is 0.142. The van der Waals surface area contributed by atoms with E-state index in [0.29, 0.717) is 24.8 Å². The van der Waals surface area contributed by atoms with Crippen molar-refractivity contribution < 1.29 is 13.2 Å². The van der Waals surface area contributed by atoms with Gasteiger partial charge < -0.3 is 0 Å². The smallest absolute Gasteiger partial charge is 0.153 e. The molecule has 5 nitrogen and oxygen atoms in total. The van der Waals surface area contributed by atoms with Crippen molar-refractivity contribution in [3.05, 3.63) is 18.0 Å². The van der Waals surface area contributed by atoms with Gasteiger partial charge in [0, 0.05) is 19.0 Å². The van der Waals surface area contributed by atoms with Crippen molar-refractivity contribution >= 4 is 16.1 Å². The molecule has 0 fully saturated rings. The zero-order chi connectivity index (χ0) is 10.6. The fourth-order valence-corrected chi connectivity index (χ4v) is 1.70. The molecule has 14 heavy (non-hydrogen) atoms. The van der Waals surface area contributed by atoms with Gasteiger partial charge in [-0.05, 0) is 6.42 Å². The van der Waals surface area contributed by atoms with Gasteiger partial charge in [-0.3, -0.25) is 9.48 Å². The fourth-order valence-electron chi connectivity index (χ4n) is 1.05. The van der Waals surface area contributed by atoms with E-state index in [1.54, 1.807) is 10.9 Å². The molecule has 0 amide bonds. The molecular weight excluding hydrogens is 204 g/mol. The quantitative estimate of drug-likeness (QED) is 0.656. The van der Waals surface area contributed by atoms with Crippen LogP contribution in [0.5, 0.6) is 0 Å². The molecule has 0 spiro atoms. The Morgan fingerprint density at radius 2 is 2.29 bits per heavy atom. The Morgan fingerprint density at radius 3 is 2.79 bits per heavy atom. The summed E-state index contributed by atoms with van der Waals surface area (Å²) in [6.07, 6.45) is 5.47. The predicted molar refractivity (Wildman–Crippen MR) is 51.9 cm³/mol. The van der Waals surface area contributed by atoms with E-state index in [1.807, 2.05) is 0 Å². The van der Waals surface area contributed by atoms with Crippen LogP contribution in [0.2, 0.25) is 0 Å². The van der Waals surface area contributed by atoms with Crippen LogP contribution < -0.4 is 0 Å². The third-order valence-corrected chi connectivity index (χ3v) is 2.72. The van der Waals surface area contributed by atoms with Crippen LogP contribution in [0.3, 0.4) is 0 Å². The molecule has 0 aliphatic carbocycles. The van der Waals surface area contributed by atoms with Gasteiger partial charge in [-0.25, -0.2) is 8.42 Å². The maximum Gasteiger partial charge on any atom is 0.153 e. The number of hydrogen-bond acceptors (Lipinski definition) is 4. The van der Waals surface area contributed by atoms with E-state index in [4.69, 9.17) is 0 Å². The maximum atomic E-state index is 10.8. The highest BCUT2D eigenvalue weighted by atomic mass is 32.2. The number of carbonyl (C=O) groups is 1. The van der Waals surface area contributed by atoms with Crippen LogP contribution >= 0.6 is 0 Å². The van der Waals surface area contributed by atoms with Crippen molar-refractivity contribution in [1.29, 1.82) is 0 Å². The number of aryl methyl sites for hydroxylation is 1. The van der Waals surface area contributed by atoms with E-state index in [2.05, 4.69) is 5.10 Å². The number of aromatic nitrogens is 2. The highest BCUT2D eigenvalue weighted by Crippen LogP contribution is 1.97. The van der Waals surface area contributed by atoms with Gasteiger partial charge in [-0.2, -0.15) is 5.10 Å². The third-order valence-electron chi connectivity index (χ3n) is 1.69. The van der Waals surface area contributed by atoms with Crippen molar-refractivity contribution in [3.8, 4) is 0 Å². The number of nitrogens with zero attached hydrogens (tertiary/aromatic N) is 2. The summed E-state index contributed by atoms with van der Waals surface area (Å²) >= 11 is 0. The lowest BCUT2D eigenvalue weighted by Crippen LogP contribution is -2.07. The Bertz CT molecular complexity index is 408. The molecule has 0 saturated carbocycles. The van der Waals surface area contributed by atoms with Crippen LogP contribution in [0, 0.1) is 0 Å². The Hall–Kier alpha value is -1.17. The molecule has 0 aliphatic heterocycles. The maximum absolute atomic E-state index is 10.8. The lowest BCUT2D eigenvalue weighted by Gasteiger charge is -1.99. The number of sulfone groups is 1. The minimum Gasteiger partial charge on any atom is -0.298 e. The van der Waals surface area contributed by atoms with E-state index in [9.17, 15) is 13.2 Å². The molecular formula is C8H12N2O3S. The van der Waals surface area contributed by atoms with Crippen LogP contribution in [0.1, 0.15) is 16.8 Å². The Labute approximate surface area is 82.7 Å². The molecule has 1 rings (SSSR count). The summed E-state index contributed by atoms with van der Waals surface area (Å²) in [5, 5.41) is 3.90. The van der Waals surface area contributed by atoms with E-state index < -0.39 is 9.84 Å². The molecule has 0 unspecified atom stereocenters. The molecule has 0 aliphatic rings.